The number of hydrogen-bond acceptors (Lipinski definition) is 4. The monoisotopic (exact) mass is 664 g/mol. The van der Waals surface area contributed by atoms with Gasteiger partial charge in [-0.15, -0.1) is 0 Å². The van der Waals surface area contributed by atoms with E-state index >= 15 is 0 Å². The molecule has 242 valence electrons. The summed E-state index contributed by atoms with van der Waals surface area (Å²) in [5.74, 6) is 1.83. The minimum absolute atomic E-state index is 0.597. The van der Waals surface area contributed by atoms with Crippen molar-refractivity contribution in [2.75, 3.05) is 0 Å². The van der Waals surface area contributed by atoms with Crippen LogP contribution in [0.2, 0.25) is 0 Å². The molecule has 0 spiro atoms. The van der Waals surface area contributed by atoms with Gasteiger partial charge in [-0.1, -0.05) is 127 Å². The van der Waals surface area contributed by atoms with Gasteiger partial charge in [0.2, 0.25) is 0 Å². The Morgan fingerprint density at radius 3 is 1.87 bits per heavy atom. The maximum Gasteiger partial charge on any atom is 0.164 e. The fraction of sp³-hybridized carbons (Fsp3) is 0. The topological polar surface area (TPSA) is 56.7 Å². The number of fused-ring (bicyclic) bond motifs is 9. The Bertz CT molecular complexity index is 3190. The SMILES string of the molecule is c1ccc(-n2c3ccccc3c3c(-c4nc(-c5ccc6c(ccc7ccccc76)c5)nc(-c5cccc6oc7ccccc7c56)n4)cccc32)cc1. The van der Waals surface area contributed by atoms with E-state index in [9.17, 15) is 0 Å². The first-order chi connectivity index (χ1) is 25.8. The summed E-state index contributed by atoms with van der Waals surface area (Å²) in [5, 5.41) is 9.04. The number of aromatic nitrogens is 4. The van der Waals surface area contributed by atoms with Crippen molar-refractivity contribution < 1.29 is 4.42 Å². The van der Waals surface area contributed by atoms with E-state index in [1.54, 1.807) is 0 Å². The molecule has 0 aliphatic rings. The number of furan rings is 1. The third kappa shape index (κ3) is 4.33. The molecular formula is C47H28N4O. The van der Waals surface area contributed by atoms with Crippen LogP contribution in [0.3, 0.4) is 0 Å². The van der Waals surface area contributed by atoms with Crippen LogP contribution in [0, 0.1) is 0 Å². The molecule has 0 fully saturated rings. The van der Waals surface area contributed by atoms with Gasteiger partial charge in [0.05, 0.1) is 11.0 Å². The van der Waals surface area contributed by atoms with Crippen LogP contribution in [0.4, 0.5) is 0 Å². The van der Waals surface area contributed by atoms with Gasteiger partial charge in [-0.25, -0.2) is 15.0 Å². The van der Waals surface area contributed by atoms with Crippen LogP contribution in [0.5, 0.6) is 0 Å². The van der Waals surface area contributed by atoms with Crippen molar-refractivity contribution in [3.05, 3.63) is 170 Å². The highest BCUT2D eigenvalue weighted by Crippen LogP contribution is 2.40. The van der Waals surface area contributed by atoms with Gasteiger partial charge in [0.1, 0.15) is 11.2 Å². The second kappa shape index (κ2) is 11.2. The molecule has 0 radical (unpaired) electrons. The molecule has 3 heterocycles. The third-order valence-electron chi connectivity index (χ3n) is 10.2. The standard InChI is InChI=1S/C47H28N4O/c1-2-13-32(14-3-1)51-39-20-8-6-16-35(39)43-37(18-10-21-40(43)51)46-48-45(31-26-27-34-30(28-31)25-24-29-12-4-5-15-33(29)34)49-47(50-46)38-19-11-23-42-44(38)36-17-7-9-22-41(36)52-42/h1-28H. The molecular weight excluding hydrogens is 637 g/mol. The van der Waals surface area contributed by atoms with Crippen LogP contribution in [-0.2, 0) is 0 Å². The zero-order valence-corrected chi connectivity index (χ0v) is 27.9. The van der Waals surface area contributed by atoms with Gasteiger partial charge < -0.3 is 8.98 Å². The molecule has 0 N–H and O–H groups in total. The van der Waals surface area contributed by atoms with Crippen LogP contribution in [0.15, 0.2) is 174 Å². The van der Waals surface area contributed by atoms with Gasteiger partial charge in [-0.05, 0) is 64.0 Å². The Balaban J connectivity index is 1.21. The fourth-order valence-electron chi connectivity index (χ4n) is 7.92. The fourth-order valence-corrected chi connectivity index (χ4v) is 7.92. The summed E-state index contributed by atoms with van der Waals surface area (Å²) >= 11 is 0. The van der Waals surface area contributed by atoms with Crippen molar-refractivity contribution in [3.63, 3.8) is 0 Å². The zero-order valence-electron chi connectivity index (χ0n) is 27.9. The second-order valence-electron chi connectivity index (χ2n) is 13.2. The lowest BCUT2D eigenvalue weighted by Gasteiger charge is -2.12. The van der Waals surface area contributed by atoms with Gasteiger partial charge in [0, 0.05) is 43.9 Å². The quantitative estimate of drug-likeness (QED) is 0.176. The molecule has 0 aliphatic heterocycles. The van der Waals surface area contributed by atoms with E-state index in [1.165, 1.54) is 16.2 Å². The van der Waals surface area contributed by atoms with Crippen LogP contribution in [0.25, 0.3) is 105 Å². The summed E-state index contributed by atoms with van der Waals surface area (Å²) in [6.45, 7) is 0. The predicted molar refractivity (Wildman–Crippen MR) is 213 cm³/mol. The van der Waals surface area contributed by atoms with Gasteiger partial charge >= 0.3 is 0 Å². The summed E-state index contributed by atoms with van der Waals surface area (Å²) in [5.41, 5.74) is 7.73. The van der Waals surface area contributed by atoms with E-state index in [-0.39, 0.29) is 0 Å². The van der Waals surface area contributed by atoms with Gasteiger partial charge in [0.25, 0.3) is 0 Å². The predicted octanol–water partition coefficient (Wildman–Crippen LogP) is 12.2. The van der Waals surface area contributed by atoms with Gasteiger partial charge in [-0.3, -0.25) is 0 Å². The second-order valence-corrected chi connectivity index (χ2v) is 13.2. The molecule has 0 bridgehead atoms. The summed E-state index contributed by atoms with van der Waals surface area (Å²) in [7, 11) is 0. The molecule has 0 aliphatic carbocycles. The van der Waals surface area contributed by atoms with E-state index in [4.69, 9.17) is 19.4 Å². The lowest BCUT2D eigenvalue weighted by Crippen LogP contribution is -2.01. The molecule has 0 unspecified atom stereocenters. The largest absolute Gasteiger partial charge is 0.456 e. The first-order valence-electron chi connectivity index (χ1n) is 17.5. The van der Waals surface area contributed by atoms with Crippen LogP contribution < -0.4 is 0 Å². The van der Waals surface area contributed by atoms with Crippen molar-refractivity contribution in [1.82, 2.24) is 19.5 Å². The lowest BCUT2D eigenvalue weighted by atomic mass is 10.00. The molecule has 5 heteroatoms. The summed E-state index contributed by atoms with van der Waals surface area (Å²) < 4.78 is 8.63. The van der Waals surface area contributed by atoms with E-state index in [1.807, 2.05) is 30.3 Å². The number of benzene rings is 8. The molecule has 8 aromatic carbocycles. The first-order valence-corrected chi connectivity index (χ1v) is 17.5. The smallest absolute Gasteiger partial charge is 0.164 e. The van der Waals surface area contributed by atoms with Crippen LogP contribution >= 0.6 is 0 Å². The summed E-state index contributed by atoms with van der Waals surface area (Å²) in [6.07, 6.45) is 0. The molecule has 11 aromatic rings. The molecule has 0 amide bonds. The highest BCUT2D eigenvalue weighted by atomic mass is 16.3. The van der Waals surface area contributed by atoms with Crippen molar-refractivity contribution in [2.45, 2.75) is 0 Å². The molecule has 0 saturated carbocycles. The van der Waals surface area contributed by atoms with Crippen molar-refractivity contribution in [3.8, 4) is 39.9 Å². The Morgan fingerprint density at radius 2 is 1.00 bits per heavy atom. The molecule has 3 aromatic heterocycles. The average Bonchev–Trinajstić information content (AvgIpc) is 3.77. The highest BCUT2D eigenvalue weighted by Gasteiger charge is 2.21. The Morgan fingerprint density at radius 1 is 0.385 bits per heavy atom. The van der Waals surface area contributed by atoms with Crippen LogP contribution in [-0.4, -0.2) is 19.5 Å². The average molecular weight is 665 g/mol. The van der Waals surface area contributed by atoms with Crippen molar-refractivity contribution in [1.29, 1.82) is 0 Å². The van der Waals surface area contributed by atoms with E-state index in [0.29, 0.717) is 17.5 Å². The number of nitrogens with zero attached hydrogens (tertiary/aromatic N) is 4. The molecule has 5 nitrogen and oxygen atoms in total. The van der Waals surface area contributed by atoms with E-state index < -0.39 is 0 Å². The summed E-state index contributed by atoms with van der Waals surface area (Å²) in [4.78, 5) is 15.8. The minimum atomic E-state index is 0.597. The molecule has 11 rings (SSSR count). The normalized spacial score (nSPS) is 11.8. The maximum atomic E-state index is 6.30. The third-order valence-corrected chi connectivity index (χ3v) is 10.2. The van der Waals surface area contributed by atoms with E-state index in [2.05, 4.69) is 144 Å². The number of para-hydroxylation sites is 3. The number of hydrogen-bond donors (Lipinski definition) is 0. The Hall–Kier alpha value is -7.11. The number of rotatable bonds is 4. The molecule has 0 saturated heterocycles. The Kier molecular flexibility index (Phi) is 6.18. The Labute approximate surface area is 298 Å². The maximum absolute atomic E-state index is 6.30. The minimum Gasteiger partial charge on any atom is -0.456 e. The van der Waals surface area contributed by atoms with E-state index in [0.717, 1.165) is 71.5 Å². The first kappa shape index (κ1) is 28.7. The lowest BCUT2D eigenvalue weighted by molar-refractivity contribution is 0.669. The van der Waals surface area contributed by atoms with Gasteiger partial charge in [-0.2, -0.15) is 0 Å². The molecule has 0 atom stereocenters. The van der Waals surface area contributed by atoms with Crippen molar-refractivity contribution >= 4 is 65.3 Å². The zero-order chi connectivity index (χ0) is 34.2. The van der Waals surface area contributed by atoms with Crippen molar-refractivity contribution in [2.24, 2.45) is 0 Å². The highest BCUT2D eigenvalue weighted by molar-refractivity contribution is 6.16. The summed E-state index contributed by atoms with van der Waals surface area (Å²) in [6, 6.07) is 59.1. The van der Waals surface area contributed by atoms with Gasteiger partial charge in [0.15, 0.2) is 17.5 Å². The van der Waals surface area contributed by atoms with Crippen LogP contribution in [0.1, 0.15) is 0 Å². The molecule has 52 heavy (non-hydrogen) atoms.